The zero-order valence-corrected chi connectivity index (χ0v) is 14.2. The monoisotopic (exact) mass is 318 g/mol. The predicted molar refractivity (Wildman–Crippen MR) is 89.3 cm³/mol. The second-order valence-corrected chi connectivity index (χ2v) is 7.39. The van der Waals surface area contributed by atoms with Crippen LogP contribution in [-0.2, 0) is 5.41 Å². The molecule has 4 nitrogen and oxygen atoms in total. The number of thiazole rings is 1. The fourth-order valence-corrected chi connectivity index (χ4v) is 2.96. The first kappa shape index (κ1) is 16.6. The van der Waals surface area contributed by atoms with Crippen LogP contribution in [0.1, 0.15) is 52.7 Å². The Labute approximate surface area is 135 Å². The summed E-state index contributed by atoms with van der Waals surface area (Å²) in [6.45, 7) is 8.33. The van der Waals surface area contributed by atoms with E-state index in [-0.39, 0.29) is 17.9 Å². The highest BCUT2D eigenvalue weighted by atomic mass is 32.1. The lowest BCUT2D eigenvalue weighted by molar-refractivity contribution is 0.0919. The van der Waals surface area contributed by atoms with E-state index >= 15 is 0 Å². The molecular weight excluding hydrogens is 296 g/mol. The van der Waals surface area contributed by atoms with Crippen molar-refractivity contribution in [1.82, 2.24) is 10.3 Å². The number of amides is 1. The average Bonchev–Trinajstić information content (AvgIpc) is 2.95. The molecule has 2 N–H and O–H groups in total. The van der Waals surface area contributed by atoms with E-state index in [0.717, 1.165) is 16.1 Å². The van der Waals surface area contributed by atoms with Gasteiger partial charge in [0.25, 0.3) is 5.91 Å². The summed E-state index contributed by atoms with van der Waals surface area (Å²) in [6.07, 6.45) is 0.890. The molecule has 1 amide bonds. The van der Waals surface area contributed by atoms with Crippen molar-refractivity contribution >= 4 is 17.2 Å². The van der Waals surface area contributed by atoms with Crippen molar-refractivity contribution in [1.29, 1.82) is 0 Å². The van der Waals surface area contributed by atoms with Crippen LogP contribution >= 0.6 is 11.3 Å². The predicted octanol–water partition coefficient (Wildman–Crippen LogP) is 3.21. The lowest BCUT2D eigenvalue weighted by atomic mass is 9.98. The minimum absolute atomic E-state index is 0.0656. The van der Waals surface area contributed by atoms with Gasteiger partial charge in [0, 0.05) is 12.0 Å². The third kappa shape index (κ3) is 3.93. The van der Waals surface area contributed by atoms with Crippen molar-refractivity contribution in [2.75, 3.05) is 6.54 Å². The van der Waals surface area contributed by atoms with Crippen molar-refractivity contribution in [3.63, 3.8) is 0 Å². The Morgan fingerprint density at radius 3 is 2.64 bits per heavy atom. The number of aliphatic hydroxyl groups excluding tert-OH is 1. The Hall–Kier alpha value is -1.72. The van der Waals surface area contributed by atoms with Crippen molar-refractivity contribution < 1.29 is 9.90 Å². The quantitative estimate of drug-likeness (QED) is 0.910. The largest absolute Gasteiger partial charge is 0.387 e. The number of rotatable bonds is 4. The van der Waals surface area contributed by atoms with Gasteiger partial charge in [0.05, 0.1) is 17.3 Å². The molecule has 5 heteroatoms. The summed E-state index contributed by atoms with van der Waals surface area (Å²) in [5.41, 5.74) is 1.78. The third-order valence-electron chi connectivity index (χ3n) is 3.37. The van der Waals surface area contributed by atoms with Gasteiger partial charge in [-0.2, -0.15) is 0 Å². The topological polar surface area (TPSA) is 62.2 Å². The van der Waals surface area contributed by atoms with E-state index in [2.05, 4.69) is 31.1 Å². The Bertz CT molecular complexity index is 659. The summed E-state index contributed by atoms with van der Waals surface area (Å²) in [5.74, 6) is -0.194. The van der Waals surface area contributed by atoms with E-state index in [4.69, 9.17) is 0 Å². The summed E-state index contributed by atoms with van der Waals surface area (Å²) in [4.78, 5) is 17.0. The average molecular weight is 318 g/mol. The highest BCUT2D eigenvalue weighted by Crippen LogP contribution is 2.26. The van der Waals surface area contributed by atoms with Crippen LogP contribution in [0.15, 0.2) is 30.5 Å². The number of aryl methyl sites for hydroxylation is 1. The molecule has 0 aliphatic rings. The molecule has 22 heavy (non-hydrogen) atoms. The van der Waals surface area contributed by atoms with Gasteiger partial charge in [0.1, 0.15) is 4.88 Å². The van der Waals surface area contributed by atoms with Gasteiger partial charge >= 0.3 is 0 Å². The van der Waals surface area contributed by atoms with Crippen LogP contribution in [0.4, 0.5) is 0 Å². The fraction of sp³-hybridized carbons (Fsp3) is 0.412. The maximum Gasteiger partial charge on any atom is 0.263 e. The zero-order chi connectivity index (χ0) is 16.3. The molecule has 1 atom stereocenters. The number of nitrogens with zero attached hydrogens (tertiary/aromatic N) is 1. The first-order valence-electron chi connectivity index (χ1n) is 7.27. The van der Waals surface area contributed by atoms with Crippen LogP contribution in [0, 0.1) is 6.92 Å². The molecule has 0 aliphatic heterocycles. The minimum Gasteiger partial charge on any atom is -0.387 e. The molecule has 0 fully saturated rings. The second kappa shape index (κ2) is 6.58. The number of aromatic nitrogens is 1. The van der Waals surface area contributed by atoms with Gasteiger partial charge in [-0.25, -0.2) is 4.98 Å². The molecule has 2 rings (SSSR count). The standard InChI is InChI=1S/C17H22N2O2S/c1-11-7-5-6-8-12(11)13(20)9-18-15(21)14-10-19-16(22-14)17(2,3)4/h5-8,10,13,20H,9H2,1-4H3,(H,18,21). The number of benzene rings is 1. The van der Waals surface area contributed by atoms with Gasteiger partial charge in [0.2, 0.25) is 0 Å². The van der Waals surface area contributed by atoms with Gasteiger partial charge in [-0.05, 0) is 18.1 Å². The molecule has 0 spiro atoms. The molecule has 0 saturated carbocycles. The van der Waals surface area contributed by atoms with Crippen molar-refractivity contribution in [3.8, 4) is 0 Å². The molecule has 1 heterocycles. The van der Waals surface area contributed by atoms with Gasteiger partial charge in [0.15, 0.2) is 0 Å². The van der Waals surface area contributed by atoms with Crippen molar-refractivity contribution in [2.24, 2.45) is 0 Å². The molecule has 1 aromatic heterocycles. The summed E-state index contributed by atoms with van der Waals surface area (Å²) in [6, 6.07) is 7.62. The van der Waals surface area contributed by atoms with E-state index in [0.29, 0.717) is 4.88 Å². The second-order valence-electron chi connectivity index (χ2n) is 6.36. The molecule has 0 radical (unpaired) electrons. The highest BCUT2D eigenvalue weighted by Gasteiger charge is 2.20. The molecule has 2 aromatic rings. The molecule has 118 valence electrons. The van der Waals surface area contributed by atoms with E-state index in [1.807, 2.05) is 31.2 Å². The zero-order valence-electron chi connectivity index (χ0n) is 13.4. The summed E-state index contributed by atoms with van der Waals surface area (Å²) >= 11 is 1.39. The maximum absolute atomic E-state index is 12.2. The maximum atomic E-state index is 12.2. The molecular formula is C17H22N2O2S. The van der Waals surface area contributed by atoms with E-state index in [1.165, 1.54) is 11.3 Å². The number of nitrogens with one attached hydrogen (secondary N) is 1. The fourth-order valence-electron chi connectivity index (χ4n) is 2.07. The lowest BCUT2D eigenvalue weighted by Crippen LogP contribution is -2.28. The Morgan fingerprint density at radius 2 is 2.05 bits per heavy atom. The van der Waals surface area contributed by atoms with Crippen LogP contribution < -0.4 is 5.32 Å². The van der Waals surface area contributed by atoms with Gasteiger partial charge in [-0.15, -0.1) is 11.3 Å². The Morgan fingerprint density at radius 1 is 1.36 bits per heavy atom. The smallest absolute Gasteiger partial charge is 0.263 e. The van der Waals surface area contributed by atoms with Crippen LogP contribution in [0.3, 0.4) is 0 Å². The molecule has 0 aliphatic carbocycles. The molecule has 1 unspecified atom stereocenters. The highest BCUT2D eigenvalue weighted by molar-refractivity contribution is 7.13. The summed E-state index contributed by atoms with van der Waals surface area (Å²) in [5, 5.41) is 13.9. The van der Waals surface area contributed by atoms with Gasteiger partial charge in [-0.3, -0.25) is 4.79 Å². The van der Waals surface area contributed by atoms with Crippen molar-refractivity contribution in [3.05, 3.63) is 51.5 Å². The van der Waals surface area contributed by atoms with Crippen LogP contribution in [0.5, 0.6) is 0 Å². The number of hydrogen-bond acceptors (Lipinski definition) is 4. The number of carbonyl (C=O) groups excluding carboxylic acids is 1. The molecule has 1 aromatic carbocycles. The Kier molecular flexibility index (Phi) is 4.98. The van der Waals surface area contributed by atoms with Crippen LogP contribution in [0.25, 0.3) is 0 Å². The van der Waals surface area contributed by atoms with E-state index < -0.39 is 6.10 Å². The van der Waals surface area contributed by atoms with Gasteiger partial charge in [-0.1, -0.05) is 45.0 Å². The lowest BCUT2D eigenvalue weighted by Gasteiger charge is -2.14. The van der Waals surface area contributed by atoms with E-state index in [9.17, 15) is 9.90 Å². The summed E-state index contributed by atoms with van der Waals surface area (Å²) in [7, 11) is 0. The molecule has 0 bridgehead atoms. The first-order chi connectivity index (χ1) is 10.3. The first-order valence-corrected chi connectivity index (χ1v) is 8.09. The summed E-state index contributed by atoms with van der Waals surface area (Å²) < 4.78 is 0. The third-order valence-corrected chi connectivity index (χ3v) is 4.80. The molecule has 0 saturated heterocycles. The number of aliphatic hydroxyl groups is 1. The van der Waals surface area contributed by atoms with Crippen molar-refractivity contribution in [2.45, 2.75) is 39.2 Å². The van der Waals surface area contributed by atoms with Crippen LogP contribution in [0.2, 0.25) is 0 Å². The number of hydrogen-bond donors (Lipinski definition) is 2. The minimum atomic E-state index is -0.708. The van der Waals surface area contributed by atoms with Crippen LogP contribution in [-0.4, -0.2) is 22.5 Å². The van der Waals surface area contributed by atoms with Gasteiger partial charge < -0.3 is 10.4 Å². The SMILES string of the molecule is Cc1ccccc1C(O)CNC(=O)c1cnc(C(C)(C)C)s1. The van der Waals surface area contributed by atoms with E-state index in [1.54, 1.807) is 6.20 Å². The normalized spacial score (nSPS) is 13.0. The number of carbonyl (C=O) groups is 1. The Balaban J connectivity index is 1.98.